The van der Waals surface area contributed by atoms with Crippen molar-refractivity contribution in [3.05, 3.63) is 176 Å². The van der Waals surface area contributed by atoms with Crippen LogP contribution in [-0.2, 0) is 0 Å². The van der Waals surface area contributed by atoms with Crippen LogP contribution in [0, 0.1) is 0 Å². The van der Waals surface area contributed by atoms with Crippen LogP contribution in [0.2, 0.25) is 0 Å². The smallest absolute Gasteiger partial charge is 0.238 e. The highest BCUT2D eigenvalue weighted by Crippen LogP contribution is 2.38. The predicted octanol–water partition coefficient (Wildman–Crippen LogP) is 11.1. The SMILES string of the molecule is c1ccc(-c2nc(-c3ccccc3)nc(-n3c4ccccc4c4cc(-c5ccc6c7ccccc7n(-c7ccccc7)c6c5)ccc43)n2)cc1. The minimum atomic E-state index is 0.588. The molecule has 5 nitrogen and oxygen atoms in total. The number of hydrogen-bond acceptors (Lipinski definition) is 3. The van der Waals surface area contributed by atoms with Crippen molar-refractivity contribution in [3.63, 3.8) is 0 Å². The molecule has 0 fully saturated rings. The highest BCUT2D eigenvalue weighted by atomic mass is 15.2. The van der Waals surface area contributed by atoms with E-state index < -0.39 is 0 Å². The molecule has 10 aromatic rings. The summed E-state index contributed by atoms with van der Waals surface area (Å²) in [6.45, 7) is 0. The molecule has 0 spiro atoms. The van der Waals surface area contributed by atoms with Gasteiger partial charge in [-0.15, -0.1) is 0 Å². The van der Waals surface area contributed by atoms with Crippen molar-refractivity contribution in [3.8, 4) is 45.5 Å². The first-order valence-electron chi connectivity index (χ1n) is 16.8. The molecule has 7 aromatic carbocycles. The van der Waals surface area contributed by atoms with Gasteiger partial charge in [-0.25, -0.2) is 4.98 Å². The van der Waals surface area contributed by atoms with E-state index in [-0.39, 0.29) is 0 Å². The van der Waals surface area contributed by atoms with Gasteiger partial charge in [-0.3, -0.25) is 4.57 Å². The maximum atomic E-state index is 5.08. The van der Waals surface area contributed by atoms with Crippen molar-refractivity contribution in [1.29, 1.82) is 0 Å². The average molecular weight is 640 g/mol. The van der Waals surface area contributed by atoms with Gasteiger partial charge < -0.3 is 4.57 Å². The second-order valence-electron chi connectivity index (χ2n) is 12.5. The summed E-state index contributed by atoms with van der Waals surface area (Å²) < 4.78 is 4.54. The van der Waals surface area contributed by atoms with Gasteiger partial charge in [0.2, 0.25) is 5.95 Å². The zero-order chi connectivity index (χ0) is 33.0. The summed E-state index contributed by atoms with van der Waals surface area (Å²) in [6, 6.07) is 61.6. The molecule has 0 aliphatic rings. The van der Waals surface area contributed by atoms with Gasteiger partial charge in [-0.05, 0) is 53.6 Å². The van der Waals surface area contributed by atoms with E-state index in [1.165, 1.54) is 21.8 Å². The quantitative estimate of drug-likeness (QED) is 0.188. The van der Waals surface area contributed by atoms with Crippen LogP contribution in [0.15, 0.2) is 176 Å². The summed E-state index contributed by atoms with van der Waals surface area (Å²) in [5, 5.41) is 4.78. The topological polar surface area (TPSA) is 48.5 Å². The molecule has 0 saturated carbocycles. The molecule has 50 heavy (non-hydrogen) atoms. The van der Waals surface area contributed by atoms with Crippen molar-refractivity contribution in [1.82, 2.24) is 24.1 Å². The molecule has 0 N–H and O–H groups in total. The Labute approximate surface area is 288 Å². The van der Waals surface area contributed by atoms with Crippen LogP contribution in [0.1, 0.15) is 0 Å². The average Bonchev–Trinajstić information content (AvgIpc) is 3.71. The van der Waals surface area contributed by atoms with E-state index >= 15 is 0 Å². The summed E-state index contributed by atoms with van der Waals surface area (Å²) >= 11 is 0. The Morgan fingerprint density at radius 1 is 0.300 bits per heavy atom. The Morgan fingerprint density at radius 2 is 0.780 bits per heavy atom. The Balaban J connectivity index is 1.18. The lowest BCUT2D eigenvalue weighted by molar-refractivity contribution is 0.953. The van der Waals surface area contributed by atoms with E-state index in [1.807, 2.05) is 60.7 Å². The number of nitrogens with zero attached hydrogens (tertiary/aromatic N) is 5. The Bertz CT molecular complexity index is 2800. The minimum Gasteiger partial charge on any atom is -0.309 e. The molecule has 0 amide bonds. The summed E-state index contributed by atoms with van der Waals surface area (Å²) in [6.07, 6.45) is 0. The number of para-hydroxylation sites is 3. The van der Waals surface area contributed by atoms with Crippen molar-refractivity contribution in [2.24, 2.45) is 0 Å². The first-order valence-corrected chi connectivity index (χ1v) is 16.8. The number of hydrogen-bond donors (Lipinski definition) is 0. The van der Waals surface area contributed by atoms with Crippen LogP contribution in [-0.4, -0.2) is 24.1 Å². The molecule has 10 rings (SSSR count). The molecule has 0 bridgehead atoms. The standard InChI is InChI=1S/C45H29N5/c1-4-14-30(15-5-1)43-46-44(31-16-6-2-7-17-31)48-45(47-43)50-40-23-13-11-21-36(40)38-28-32(25-27-41(38)50)33-24-26-37-35-20-10-12-22-39(35)49(42(37)29-33)34-18-8-3-9-19-34/h1-29H. The van der Waals surface area contributed by atoms with Crippen LogP contribution in [0.5, 0.6) is 0 Å². The fourth-order valence-corrected chi connectivity index (χ4v) is 7.27. The van der Waals surface area contributed by atoms with Gasteiger partial charge >= 0.3 is 0 Å². The van der Waals surface area contributed by atoms with Gasteiger partial charge in [0, 0.05) is 38.4 Å². The fourth-order valence-electron chi connectivity index (χ4n) is 7.27. The van der Waals surface area contributed by atoms with Crippen LogP contribution >= 0.6 is 0 Å². The highest BCUT2D eigenvalue weighted by Gasteiger charge is 2.19. The maximum Gasteiger partial charge on any atom is 0.238 e. The lowest BCUT2D eigenvalue weighted by Crippen LogP contribution is -2.06. The van der Waals surface area contributed by atoms with Crippen LogP contribution < -0.4 is 0 Å². The first kappa shape index (κ1) is 28.2. The highest BCUT2D eigenvalue weighted by molar-refractivity contribution is 6.12. The minimum absolute atomic E-state index is 0.588. The van der Waals surface area contributed by atoms with E-state index in [1.54, 1.807) is 0 Å². The largest absolute Gasteiger partial charge is 0.309 e. The van der Waals surface area contributed by atoms with E-state index in [0.29, 0.717) is 17.6 Å². The van der Waals surface area contributed by atoms with E-state index in [9.17, 15) is 0 Å². The summed E-state index contributed by atoms with van der Waals surface area (Å²) in [5.74, 6) is 1.86. The monoisotopic (exact) mass is 639 g/mol. The zero-order valence-corrected chi connectivity index (χ0v) is 27.0. The summed E-state index contributed by atoms with van der Waals surface area (Å²) in [7, 11) is 0. The van der Waals surface area contributed by atoms with Gasteiger partial charge in [0.05, 0.1) is 22.1 Å². The molecule has 0 atom stereocenters. The molecular weight excluding hydrogens is 611 g/mol. The second kappa shape index (κ2) is 11.4. The number of aromatic nitrogens is 5. The van der Waals surface area contributed by atoms with E-state index in [4.69, 9.17) is 15.0 Å². The Kier molecular flexibility index (Phi) is 6.42. The van der Waals surface area contributed by atoms with Gasteiger partial charge in [0.1, 0.15) is 0 Å². The molecule has 0 saturated heterocycles. The van der Waals surface area contributed by atoms with Gasteiger partial charge in [0.15, 0.2) is 11.6 Å². The maximum absolute atomic E-state index is 5.08. The number of rotatable bonds is 5. The molecule has 0 radical (unpaired) electrons. The molecule has 3 aromatic heterocycles. The molecule has 0 aliphatic heterocycles. The first-order chi connectivity index (χ1) is 24.8. The molecule has 0 unspecified atom stereocenters. The third-order valence-corrected chi connectivity index (χ3v) is 9.58. The summed E-state index contributed by atoms with van der Waals surface area (Å²) in [4.78, 5) is 15.1. The molecule has 234 valence electrons. The van der Waals surface area contributed by atoms with Crippen molar-refractivity contribution in [2.45, 2.75) is 0 Å². The van der Waals surface area contributed by atoms with Crippen LogP contribution in [0.4, 0.5) is 0 Å². The van der Waals surface area contributed by atoms with Crippen molar-refractivity contribution >= 4 is 43.6 Å². The lowest BCUT2D eigenvalue weighted by atomic mass is 10.0. The van der Waals surface area contributed by atoms with Crippen LogP contribution in [0.3, 0.4) is 0 Å². The van der Waals surface area contributed by atoms with Gasteiger partial charge in [-0.2, -0.15) is 9.97 Å². The molecular formula is C45H29N5. The third-order valence-electron chi connectivity index (χ3n) is 9.58. The second-order valence-corrected chi connectivity index (χ2v) is 12.5. The Hall–Kier alpha value is -6.85. The Morgan fingerprint density at radius 3 is 1.44 bits per heavy atom. The van der Waals surface area contributed by atoms with Gasteiger partial charge in [0.25, 0.3) is 0 Å². The third kappa shape index (κ3) is 4.52. The van der Waals surface area contributed by atoms with Gasteiger partial charge in [-0.1, -0.05) is 133 Å². The molecule has 5 heteroatoms. The molecule has 0 aliphatic carbocycles. The number of benzene rings is 7. The van der Waals surface area contributed by atoms with Crippen LogP contribution in [0.25, 0.3) is 89.2 Å². The van der Waals surface area contributed by atoms with Crippen molar-refractivity contribution in [2.75, 3.05) is 0 Å². The van der Waals surface area contributed by atoms with E-state index in [2.05, 4.69) is 124 Å². The fraction of sp³-hybridized carbons (Fsp3) is 0. The predicted molar refractivity (Wildman–Crippen MR) is 205 cm³/mol. The normalized spacial score (nSPS) is 11.6. The summed E-state index contributed by atoms with van der Waals surface area (Å²) in [5.41, 5.74) is 9.82. The molecule has 3 heterocycles. The lowest BCUT2D eigenvalue weighted by Gasteiger charge is -2.11. The zero-order valence-electron chi connectivity index (χ0n) is 27.0. The van der Waals surface area contributed by atoms with Crippen molar-refractivity contribution < 1.29 is 0 Å². The van der Waals surface area contributed by atoms with E-state index in [0.717, 1.165) is 49.7 Å². The number of fused-ring (bicyclic) bond motifs is 6.